The fourth-order valence-corrected chi connectivity index (χ4v) is 4.56. The standard InChI is InChI=1S/C27H32/c1-4-5-15-22-26(2,23-16-9-6-10-17-23)27(3,24-18-11-7-12-19-24)25-20-13-8-14-21-25/h6-14,16-21H,4-5,15,22H2,1-3H3/t26-/m1/s1. The van der Waals surface area contributed by atoms with E-state index >= 15 is 0 Å². The van der Waals surface area contributed by atoms with E-state index in [0.717, 1.165) is 0 Å². The second-order valence-corrected chi connectivity index (χ2v) is 8.01. The summed E-state index contributed by atoms with van der Waals surface area (Å²) in [6.45, 7) is 7.20. The highest BCUT2D eigenvalue weighted by molar-refractivity contribution is 5.47. The number of hydrogen-bond donors (Lipinski definition) is 0. The minimum absolute atomic E-state index is 0.00609. The van der Waals surface area contributed by atoms with Crippen molar-refractivity contribution in [1.29, 1.82) is 0 Å². The number of rotatable bonds is 8. The third-order valence-electron chi connectivity index (χ3n) is 6.50. The molecule has 0 amide bonds. The molecular formula is C27H32. The molecule has 0 spiro atoms. The van der Waals surface area contributed by atoms with Crippen LogP contribution >= 0.6 is 0 Å². The molecule has 0 bridgehead atoms. The van der Waals surface area contributed by atoms with Crippen molar-refractivity contribution >= 4 is 0 Å². The zero-order valence-corrected chi connectivity index (χ0v) is 17.0. The van der Waals surface area contributed by atoms with Gasteiger partial charge in [-0.2, -0.15) is 0 Å². The molecule has 1 atom stereocenters. The van der Waals surface area contributed by atoms with E-state index in [0.29, 0.717) is 0 Å². The minimum Gasteiger partial charge on any atom is -0.0654 e. The summed E-state index contributed by atoms with van der Waals surface area (Å²) < 4.78 is 0. The molecule has 0 heterocycles. The van der Waals surface area contributed by atoms with Gasteiger partial charge in [0.25, 0.3) is 0 Å². The molecular weight excluding hydrogens is 324 g/mol. The van der Waals surface area contributed by atoms with E-state index < -0.39 is 0 Å². The van der Waals surface area contributed by atoms with Crippen LogP contribution in [0.15, 0.2) is 91.0 Å². The fraction of sp³-hybridized carbons (Fsp3) is 0.333. The fourth-order valence-electron chi connectivity index (χ4n) is 4.56. The molecule has 0 fully saturated rings. The van der Waals surface area contributed by atoms with Gasteiger partial charge in [0.15, 0.2) is 0 Å². The summed E-state index contributed by atoms with van der Waals surface area (Å²) in [6, 6.07) is 33.3. The number of unbranched alkanes of at least 4 members (excludes halogenated alkanes) is 2. The van der Waals surface area contributed by atoms with Gasteiger partial charge in [0, 0.05) is 10.8 Å². The summed E-state index contributed by atoms with van der Waals surface area (Å²) in [7, 11) is 0. The van der Waals surface area contributed by atoms with Crippen molar-refractivity contribution in [2.45, 2.75) is 57.3 Å². The highest BCUT2D eigenvalue weighted by atomic mass is 14.5. The molecule has 0 unspecified atom stereocenters. The van der Waals surface area contributed by atoms with Crippen molar-refractivity contribution in [3.05, 3.63) is 108 Å². The molecule has 140 valence electrons. The van der Waals surface area contributed by atoms with Gasteiger partial charge in [-0.15, -0.1) is 0 Å². The zero-order valence-electron chi connectivity index (χ0n) is 17.0. The Labute approximate surface area is 165 Å². The molecule has 0 N–H and O–H groups in total. The Bertz CT molecular complexity index is 765. The molecule has 0 nitrogen and oxygen atoms in total. The van der Waals surface area contributed by atoms with E-state index in [1.165, 1.54) is 42.4 Å². The first-order valence-corrected chi connectivity index (χ1v) is 10.3. The summed E-state index contributed by atoms with van der Waals surface area (Å²) in [5.41, 5.74) is 4.10. The summed E-state index contributed by atoms with van der Waals surface area (Å²) in [4.78, 5) is 0. The SMILES string of the molecule is CCCCC[C@](C)(c1ccccc1)C(C)(c1ccccc1)c1ccccc1. The molecule has 3 rings (SSSR count). The largest absolute Gasteiger partial charge is 0.0654 e. The molecule has 0 aliphatic rings. The maximum atomic E-state index is 2.47. The van der Waals surface area contributed by atoms with Crippen molar-refractivity contribution in [2.24, 2.45) is 0 Å². The van der Waals surface area contributed by atoms with Crippen LogP contribution in [0.5, 0.6) is 0 Å². The Morgan fingerprint density at radius 3 is 1.37 bits per heavy atom. The molecule has 3 aromatic carbocycles. The average molecular weight is 357 g/mol. The van der Waals surface area contributed by atoms with Crippen LogP contribution in [0.25, 0.3) is 0 Å². The van der Waals surface area contributed by atoms with Crippen molar-refractivity contribution in [3.63, 3.8) is 0 Å². The van der Waals surface area contributed by atoms with Gasteiger partial charge in [0.1, 0.15) is 0 Å². The quantitative estimate of drug-likeness (QED) is 0.366. The van der Waals surface area contributed by atoms with Crippen LogP contribution in [0, 0.1) is 0 Å². The molecule has 0 heteroatoms. The lowest BCUT2D eigenvalue weighted by atomic mass is 9.54. The first-order chi connectivity index (χ1) is 13.1. The molecule has 0 aromatic heterocycles. The summed E-state index contributed by atoms with van der Waals surface area (Å²) in [5, 5.41) is 0. The Morgan fingerprint density at radius 1 is 0.556 bits per heavy atom. The topological polar surface area (TPSA) is 0 Å². The van der Waals surface area contributed by atoms with Crippen molar-refractivity contribution in [3.8, 4) is 0 Å². The predicted octanol–water partition coefficient (Wildman–Crippen LogP) is 7.53. The van der Waals surface area contributed by atoms with Gasteiger partial charge in [-0.3, -0.25) is 0 Å². The molecule has 0 saturated heterocycles. The van der Waals surface area contributed by atoms with E-state index in [2.05, 4.69) is 112 Å². The third-order valence-corrected chi connectivity index (χ3v) is 6.50. The summed E-state index contributed by atoms with van der Waals surface area (Å²) in [5.74, 6) is 0. The van der Waals surface area contributed by atoms with Gasteiger partial charge in [-0.1, -0.05) is 131 Å². The first-order valence-electron chi connectivity index (χ1n) is 10.3. The normalized spacial score (nSPS) is 13.9. The maximum absolute atomic E-state index is 2.47. The van der Waals surface area contributed by atoms with Gasteiger partial charge in [-0.05, 0) is 23.1 Å². The first kappa shape index (κ1) is 19.4. The molecule has 0 radical (unpaired) electrons. The van der Waals surface area contributed by atoms with Crippen LogP contribution in [-0.2, 0) is 10.8 Å². The van der Waals surface area contributed by atoms with E-state index in [-0.39, 0.29) is 10.8 Å². The Kier molecular flexibility index (Phi) is 6.16. The Hall–Kier alpha value is -2.34. The van der Waals surface area contributed by atoms with E-state index in [1.807, 2.05) is 0 Å². The monoisotopic (exact) mass is 356 g/mol. The molecule has 0 aliphatic carbocycles. The van der Waals surface area contributed by atoms with Crippen molar-refractivity contribution in [2.75, 3.05) is 0 Å². The van der Waals surface area contributed by atoms with Gasteiger partial charge < -0.3 is 0 Å². The van der Waals surface area contributed by atoms with Crippen LogP contribution in [0.2, 0.25) is 0 Å². The van der Waals surface area contributed by atoms with Gasteiger partial charge >= 0.3 is 0 Å². The van der Waals surface area contributed by atoms with Crippen LogP contribution in [0.4, 0.5) is 0 Å². The highest BCUT2D eigenvalue weighted by Crippen LogP contribution is 2.51. The van der Waals surface area contributed by atoms with Crippen LogP contribution in [-0.4, -0.2) is 0 Å². The van der Waals surface area contributed by atoms with Crippen LogP contribution < -0.4 is 0 Å². The lowest BCUT2D eigenvalue weighted by Crippen LogP contribution is -2.46. The zero-order chi connectivity index (χ0) is 19.2. The lowest BCUT2D eigenvalue weighted by molar-refractivity contribution is 0.271. The molecule has 3 aromatic rings. The Balaban J connectivity index is 2.22. The maximum Gasteiger partial charge on any atom is 0.0268 e. The van der Waals surface area contributed by atoms with Crippen molar-refractivity contribution in [1.82, 2.24) is 0 Å². The smallest absolute Gasteiger partial charge is 0.0268 e. The predicted molar refractivity (Wildman–Crippen MR) is 117 cm³/mol. The lowest BCUT2D eigenvalue weighted by Gasteiger charge is -2.48. The summed E-state index contributed by atoms with van der Waals surface area (Å²) >= 11 is 0. The third kappa shape index (κ3) is 3.72. The van der Waals surface area contributed by atoms with E-state index in [4.69, 9.17) is 0 Å². The van der Waals surface area contributed by atoms with E-state index in [1.54, 1.807) is 0 Å². The Morgan fingerprint density at radius 2 is 0.963 bits per heavy atom. The van der Waals surface area contributed by atoms with Gasteiger partial charge in [0.05, 0.1) is 0 Å². The summed E-state index contributed by atoms with van der Waals surface area (Å²) in [6.07, 6.45) is 4.95. The highest BCUT2D eigenvalue weighted by Gasteiger charge is 2.47. The van der Waals surface area contributed by atoms with Crippen LogP contribution in [0.1, 0.15) is 63.1 Å². The second-order valence-electron chi connectivity index (χ2n) is 8.01. The minimum atomic E-state index is -0.107. The number of hydrogen-bond acceptors (Lipinski definition) is 0. The molecule has 0 saturated carbocycles. The number of benzene rings is 3. The second kappa shape index (κ2) is 8.57. The average Bonchev–Trinajstić information content (AvgIpc) is 2.75. The van der Waals surface area contributed by atoms with Crippen LogP contribution in [0.3, 0.4) is 0 Å². The van der Waals surface area contributed by atoms with Gasteiger partial charge in [-0.25, -0.2) is 0 Å². The van der Waals surface area contributed by atoms with E-state index in [9.17, 15) is 0 Å². The molecule has 27 heavy (non-hydrogen) atoms. The molecule has 0 aliphatic heterocycles. The van der Waals surface area contributed by atoms with Gasteiger partial charge in [0.2, 0.25) is 0 Å². The van der Waals surface area contributed by atoms with Crippen molar-refractivity contribution < 1.29 is 0 Å².